The minimum Gasteiger partial charge on any atom is -0.480 e. The Kier molecular flexibility index (Phi) is 4.31. The molecule has 0 bridgehead atoms. The van der Waals surface area contributed by atoms with Crippen LogP contribution < -0.4 is 5.32 Å². The summed E-state index contributed by atoms with van der Waals surface area (Å²) in [5.74, 6) is -0.870. The van der Waals surface area contributed by atoms with Crippen LogP contribution in [-0.4, -0.2) is 39.7 Å². The molecule has 1 aromatic carbocycles. The van der Waals surface area contributed by atoms with Crippen LogP contribution >= 0.6 is 27.7 Å². The van der Waals surface area contributed by atoms with Crippen LogP contribution in [0.3, 0.4) is 0 Å². The summed E-state index contributed by atoms with van der Waals surface area (Å²) in [4.78, 5) is 24.2. The summed E-state index contributed by atoms with van der Waals surface area (Å²) in [6.07, 6.45) is 0. The Morgan fingerprint density at radius 2 is 2.26 bits per heavy atom. The monoisotopic (exact) mass is 348 g/mol. The van der Waals surface area contributed by atoms with Gasteiger partial charge in [-0.2, -0.15) is 0 Å². The number of hydrogen-bond donors (Lipinski definition) is 2. The largest absolute Gasteiger partial charge is 0.480 e. The number of hydrogen-bond acceptors (Lipinski definition) is 3. The summed E-state index contributed by atoms with van der Waals surface area (Å²) in [5.41, 5.74) is 0.269. The van der Waals surface area contributed by atoms with E-state index in [2.05, 4.69) is 21.2 Å². The molecule has 0 spiro atoms. The van der Waals surface area contributed by atoms with Gasteiger partial charge in [0.1, 0.15) is 11.9 Å². The number of urea groups is 1. The molecule has 5 nitrogen and oxygen atoms in total. The van der Waals surface area contributed by atoms with E-state index in [4.69, 9.17) is 5.11 Å². The van der Waals surface area contributed by atoms with Crippen LogP contribution in [0.1, 0.15) is 0 Å². The highest BCUT2D eigenvalue weighted by molar-refractivity contribution is 9.10. The zero-order valence-electron chi connectivity index (χ0n) is 9.60. The third kappa shape index (κ3) is 3.19. The predicted molar refractivity (Wildman–Crippen MR) is 73.7 cm³/mol. The number of nitrogens with one attached hydrogen (secondary N) is 1. The summed E-state index contributed by atoms with van der Waals surface area (Å²) in [6, 6.07) is 2.49. The summed E-state index contributed by atoms with van der Waals surface area (Å²) >= 11 is 4.55. The van der Waals surface area contributed by atoms with Gasteiger partial charge in [-0.05, 0) is 34.1 Å². The van der Waals surface area contributed by atoms with Crippen LogP contribution in [0.2, 0.25) is 0 Å². The number of nitrogens with zero attached hydrogens (tertiary/aromatic N) is 1. The van der Waals surface area contributed by atoms with E-state index in [1.807, 2.05) is 0 Å². The van der Waals surface area contributed by atoms with Crippen molar-refractivity contribution in [1.29, 1.82) is 0 Å². The molecule has 1 aliphatic rings. The maximum Gasteiger partial charge on any atom is 0.327 e. The molecule has 2 amide bonds. The van der Waals surface area contributed by atoms with Gasteiger partial charge in [-0.25, -0.2) is 14.0 Å². The first-order valence-corrected chi connectivity index (χ1v) is 7.27. The molecule has 1 atom stereocenters. The number of thioether (sulfide) groups is 1. The Morgan fingerprint density at radius 1 is 1.53 bits per heavy atom. The van der Waals surface area contributed by atoms with Crippen LogP contribution in [0.4, 0.5) is 14.9 Å². The number of anilines is 1. The van der Waals surface area contributed by atoms with Crippen molar-refractivity contribution in [1.82, 2.24) is 4.90 Å². The van der Waals surface area contributed by atoms with E-state index in [1.54, 1.807) is 0 Å². The highest BCUT2D eigenvalue weighted by Crippen LogP contribution is 2.26. The molecule has 1 heterocycles. The van der Waals surface area contributed by atoms with E-state index >= 15 is 0 Å². The van der Waals surface area contributed by atoms with Crippen molar-refractivity contribution in [2.24, 2.45) is 0 Å². The zero-order chi connectivity index (χ0) is 14.0. The Balaban J connectivity index is 2.12. The van der Waals surface area contributed by atoms with E-state index in [0.717, 1.165) is 0 Å². The minimum absolute atomic E-state index is 0.269. The summed E-state index contributed by atoms with van der Waals surface area (Å²) < 4.78 is 13.6. The molecular formula is C11H10BrFN2O3S. The quantitative estimate of drug-likeness (QED) is 0.861. The van der Waals surface area contributed by atoms with Gasteiger partial charge in [0.2, 0.25) is 0 Å². The van der Waals surface area contributed by atoms with Gasteiger partial charge in [0.15, 0.2) is 0 Å². The van der Waals surface area contributed by atoms with Gasteiger partial charge in [-0.1, -0.05) is 0 Å². The summed E-state index contributed by atoms with van der Waals surface area (Å²) in [5, 5.41) is 11.5. The predicted octanol–water partition coefficient (Wildman–Crippen LogP) is 2.58. The van der Waals surface area contributed by atoms with Gasteiger partial charge in [0, 0.05) is 10.2 Å². The van der Waals surface area contributed by atoms with Crippen LogP contribution in [0, 0.1) is 5.82 Å². The molecule has 1 saturated heterocycles. The van der Waals surface area contributed by atoms with Gasteiger partial charge in [0.25, 0.3) is 0 Å². The lowest BCUT2D eigenvalue weighted by Crippen LogP contribution is -2.44. The number of carbonyl (C=O) groups is 2. The molecule has 0 aromatic heterocycles. The Labute approximate surface area is 121 Å². The topological polar surface area (TPSA) is 69.6 Å². The lowest BCUT2D eigenvalue weighted by Gasteiger charge is -2.21. The SMILES string of the molecule is O=C(O)C1CSCN1C(=O)Nc1cc(F)ccc1Br. The first-order valence-electron chi connectivity index (χ1n) is 5.32. The molecule has 19 heavy (non-hydrogen) atoms. The summed E-state index contributed by atoms with van der Waals surface area (Å²) in [6.45, 7) is 0. The number of benzene rings is 1. The molecule has 1 aromatic rings. The Hall–Kier alpha value is -1.28. The molecule has 2 rings (SSSR count). The molecule has 1 unspecified atom stereocenters. The second-order valence-corrected chi connectivity index (χ2v) is 5.73. The highest BCUT2D eigenvalue weighted by Gasteiger charge is 2.34. The second-order valence-electron chi connectivity index (χ2n) is 3.88. The lowest BCUT2D eigenvalue weighted by atomic mass is 10.3. The molecule has 0 radical (unpaired) electrons. The molecule has 1 fully saturated rings. The third-order valence-corrected chi connectivity index (χ3v) is 4.30. The number of rotatable bonds is 2. The summed E-state index contributed by atoms with van der Waals surface area (Å²) in [7, 11) is 0. The van der Waals surface area contributed by atoms with Crippen LogP contribution in [0.5, 0.6) is 0 Å². The third-order valence-electron chi connectivity index (χ3n) is 2.60. The molecule has 2 N–H and O–H groups in total. The van der Waals surface area contributed by atoms with Crippen molar-refractivity contribution in [3.8, 4) is 0 Å². The highest BCUT2D eigenvalue weighted by atomic mass is 79.9. The molecule has 0 aliphatic carbocycles. The van der Waals surface area contributed by atoms with E-state index in [1.165, 1.54) is 34.9 Å². The van der Waals surface area contributed by atoms with Gasteiger partial charge >= 0.3 is 12.0 Å². The van der Waals surface area contributed by atoms with Crippen molar-refractivity contribution >= 4 is 45.4 Å². The maximum atomic E-state index is 13.1. The fraction of sp³-hybridized carbons (Fsp3) is 0.273. The van der Waals surface area contributed by atoms with E-state index < -0.39 is 23.9 Å². The number of halogens is 2. The van der Waals surface area contributed by atoms with Crippen molar-refractivity contribution in [2.75, 3.05) is 16.9 Å². The number of carboxylic acid groups (broad SMARTS) is 1. The average molecular weight is 349 g/mol. The first kappa shape index (κ1) is 14.1. The molecule has 102 valence electrons. The average Bonchev–Trinajstić information content (AvgIpc) is 2.83. The normalized spacial score (nSPS) is 18.4. The van der Waals surface area contributed by atoms with Crippen LogP contribution in [0.25, 0.3) is 0 Å². The molecule has 8 heteroatoms. The van der Waals surface area contributed by atoms with Crippen LogP contribution in [-0.2, 0) is 4.79 Å². The van der Waals surface area contributed by atoms with Gasteiger partial charge in [0.05, 0.1) is 11.6 Å². The lowest BCUT2D eigenvalue weighted by molar-refractivity contribution is -0.140. The van der Waals surface area contributed by atoms with E-state index in [9.17, 15) is 14.0 Å². The first-order chi connectivity index (χ1) is 8.99. The number of aliphatic carboxylic acids is 1. The van der Waals surface area contributed by atoms with Crippen molar-refractivity contribution in [3.05, 3.63) is 28.5 Å². The van der Waals surface area contributed by atoms with Crippen molar-refractivity contribution < 1.29 is 19.1 Å². The molecule has 0 saturated carbocycles. The van der Waals surface area contributed by atoms with Gasteiger partial charge < -0.3 is 15.3 Å². The standard InChI is InChI=1S/C11H10BrFN2O3S/c12-7-2-1-6(13)3-8(7)14-11(18)15-5-19-4-9(15)10(16)17/h1-3,9H,4-5H2,(H,14,18)(H,16,17). The Morgan fingerprint density at radius 3 is 2.95 bits per heavy atom. The smallest absolute Gasteiger partial charge is 0.327 e. The fourth-order valence-electron chi connectivity index (χ4n) is 1.63. The number of carboxylic acids is 1. The number of carbonyl (C=O) groups excluding carboxylic acids is 1. The van der Waals surface area contributed by atoms with Crippen LogP contribution in [0.15, 0.2) is 22.7 Å². The number of amides is 2. The second kappa shape index (κ2) is 5.79. The minimum atomic E-state index is -1.04. The van der Waals surface area contributed by atoms with Gasteiger partial charge in [-0.15, -0.1) is 11.8 Å². The van der Waals surface area contributed by atoms with Gasteiger partial charge in [-0.3, -0.25) is 0 Å². The molecule has 1 aliphatic heterocycles. The van der Waals surface area contributed by atoms with E-state index in [-0.39, 0.29) is 5.69 Å². The maximum absolute atomic E-state index is 13.1. The fourth-order valence-corrected chi connectivity index (χ4v) is 3.12. The van der Waals surface area contributed by atoms with Crippen molar-refractivity contribution in [3.63, 3.8) is 0 Å². The Bertz CT molecular complexity index is 529. The molecular weight excluding hydrogens is 339 g/mol. The zero-order valence-corrected chi connectivity index (χ0v) is 12.0. The van der Waals surface area contributed by atoms with E-state index in [0.29, 0.717) is 16.1 Å². The van der Waals surface area contributed by atoms with Crippen molar-refractivity contribution in [2.45, 2.75) is 6.04 Å².